The molecule has 0 atom stereocenters. The molecule has 21 heavy (non-hydrogen) atoms. The second-order valence-corrected chi connectivity index (χ2v) is 5.71. The molecule has 0 aliphatic heterocycles. The van der Waals surface area contributed by atoms with Crippen molar-refractivity contribution in [3.05, 3.63) is 29.3 Å². The SMILES string of the molecule is CCc1cccc(C)c1NC(=O)NCC1(C(=O)O)CCC1. The summed E-state index contributed by atoms with van der Waals surface area (Å²) in [6.07, 6.45) is 3.00. The zero-order valence-corrected chi connectivity index (χ0v) is 12.5. The van der Waals surface area contributed by atoms with Gasteiger partial charge in [0.05, 0.1) is 5.41 Å². The largest absolute Gasteiger partial charge is 0.481 e. The molecule has 3 N–H and O–H groups in total. The van der Waals surface area contributed by atoms with Gasteiger partial charge >= 0.3 is 12.0 Å². The van der Waals surface area contributed by atoms with E-state index in [9.17, 15) is 14.7 Å². The Morgan fingerprint density at radius 2 is 2.05 bits per heavy atom. The van der Waals surface area contributed by atoms with Gasteiger partial charge in [-0.2, -0.15) is 0 Å². The van der Waals surface area contributed by atoms with E-state index >= 15 is 0 Å². The number of carbonyl (C=O) groups is 2. The lowest BCUT2D eigenvalue weighted by atomic mass is 9.69. The molecule has 1 aliphatic rings. The molecule has 114 valence electrons. The Balaban J connectivity index is 1.98. The highest BCUT2D eigenvalue weighted by Crippen LogP contribution is 2.40. The Kier molecular flexibility index (Phi) is 4.50. The summed E-state index contributed by atoms with van der Waals surface area (Å²) in [5.74, 6) is -0.820. The number of carboxylic acids is 1. The maximum atomic E-state index is 12.0. The minimum absolute atomic E-state index is 0.182. The molecule has 0 unspecified atom stereocenters. The molecule has 1 saturated carbocycles. The number of para-hydroxylation sites is 1. The fourth-order valence-corrected chi connectivity index (χ4v) is 2.68. The van der Waals surface area contributed by atoms with Crippen molar-refractivity contribution in [2.45, 2.75) is 39.5 Å². The predicted molar refractivity (Wildman–Crippen MR) is 81.5 cm³/mol. The van der Waals surface area contributed by atoms with Gasteiger partial charge in [0.25, 0.3) is 0 Å². The van der Waals surface area contributed by atoms with Crippen LogP contribution in [0.25, 0.3) is 0 Å². The zero-order valence-electron chi connectivity index (χ0n) is 12.5. The van der Waals surface area contributed by atoms with E-state index < -0.39 is 11.4 Å². The molecule has 0 spiro atoms. The van der Waals surface area contributed by atoms with Gasteiger partial charge in [-0.05, 0) is 37.3 Å². The number of rotatable bonds is 5. The van der Waals surface area contributed by atoms with Gasteiger partial charge in [-0.1, -0.05) is 31.5 Å². The van der Waals surface area contributed by atoms with E-state index in [-0.39, 0.29) is 12.6 Å². The van der Waals surface area contributed by atoms with Gasteiger partial charge in [0.1, 0.15) is 0 Å². The van der Waals surface area contributed by atoms with Crippen molar-refractivity contribution in [3.8, 4) is 0 Å². The summed E-state index contributed by atoms with van der Waals surface area (Å²) in [5.41, 5.74) is 2.12. The fourth-order valence-electron chi connectivity index (χ4n) is 2.68. The standard InChI is InChI=1S/C16H22N2O3/c1-3-12-7-4-6-11(2)13(12)18-15(21)17-10-16(14(19)20)8-5-9-16/h4,6-7H,3,5,8-10H2,1-2H3,(H,19,20)(H2,17,18,21). The fraction of sp³-hybridized carbons (Fsp3) is 0.500. The van der Waals surface area contributed by atoms with Crippen LogP contribution >= 0.6 is 0 Å². The number of aryl methyl sites for hydroxylation is 2. The predicted octanol–water partition coefficient (Wildman–Crippen LogP) is 2.93. The summed E-state index contributed by atoms with van der Waals surface area (Å²) >= 11 is 0. The monoisotopic (exact) mass is 290 g/mol. The van der Waals surface area contributed by atoms with Crippen LogP contribution in [0.2, 0.25) is 0 Å². The summed E-state index contributed by atoms with van der Waals surface area (Å²) < 4.78 is 0. The van der Waals surface area contributed by atoms with Crippen LogP contribution in [0.15, 0.2) is 18.2 Å². The third-order valence-corrected chi connectivity index (χ3v) is 4.33. The average molecular weight is 290 g/mol. The Hall–Kier alpha value is -2.04. The number of benzene rings is 1. The zero-order chi connectivity index (χ0) is 15.5. The van der Waals surface area contributed by atoms with Crippen LogP contribution < -0.4 is 10.6 Å². The minimum atomic E-state index is -0.820. The number of hydrogen-bond acceptors (Lipinski definition) is 2. The number of carboxylic acid groups (broad SMARTS) is 1. The molecule has 5 heteroatoms. The van der Waals surface area contributed by atoms with Crippen LogP contribution in [0, 0.1) is 12.3 Å². The van der Waals surface area contributed by atoms with Crippen molar-refractivity contribution in [2.24, 2.45) is 5.41 Å². The van der Waals surface area contributed by atoms with E-state index in [1.165, 1.54) is 0 Å². The van der Waals surface area contributed by atoms with E-state index in [0.717, 1.165) is 29.7 Å². The molecule has 5 nitrogen and oxygen atoms in total. The Bertz CT molecular complexity index is 550. The second-order valence-electron chi connectivity index (χ2n) is 5.71. The molecule has 0 saturated heterocycles. The number of carbonyl (C=O) groups excluding carboxylic acids is 1. The maximum Gasteiger partial charge on any atom is 0.319 e. The third-order valence-electron chi connectivity index (χ3n) is 4.33. The van der Waals surface area contributed by atoms with E-state index in [2.05, 4.69) is 10.6 Å². The van der Waals surface area contributed by atoms with Crippen molar-refractivity contribution < 1.29 is 14.7 Å². The number of amides is 2. The van der Waals surface area contributed by atoms with E-state index in [1.54, 1.807) is 0 Å². The number of aliphatic carboxylic acids is 1. The minimum Gasteiger partial charge on any atom is -0.481 e. The second kappa shape index (κ2) is 6.16. The first-order valence-corrected chi connectivity index (χ1v) is 7.35. The van der Waals surface area contributed by atoms with Gasteiger partial charge in [-0.15, -0.1) is 0 Å². The number of anilines is 1. The topological polar surface area (TPSA) is 78.4 Å². The number of nitrogens with one attached hydrogen (secondary N) is 2. The molecule has 2 rings (SSSR count). The first-order valence-electron chi connectivity index (χ1n) is 7.35. The Morgan fingerprint density at radius 1 is 1.33 bits per heavy atom. The molecule has 1 aromatic rings. The molecule has 0 radical (unpaired) electrons. The molecule has 0 heterocycles. The van der Waals surface area contributed by atoms with E-state index in [0.29, 0.717) is 12.8 Å². The lowest BCUT2D eigenvalue weighted by Gasteiger charge is -2.37. The molecule has 1 fully saturated rings. The van der Waals surface area contributed by atoms with Crippen LogP contribution in [0.4, 0.5) is 10.5 Å². The van der Waals surface area contributed by atoms with Crippen LogP contribution in [0.1, 0.15) is 37.3 Å². The molecule has 0 bridgehead atoms. The maximum absolute atomic E-state index is 12.0. The third kappa shape index (κ3) is 3.17. The summed E-state index contributed by atoms with van der Waals surface area (Å²) in [6.45, 7) is 4.16. The number of hydrogen-bond donors (Lipinski definition) is 3. The van der Waals surface area contributed by atoms with E-state index in [1.807, 2.05) is 32.0 Å². The van der Waals surface area contributed by atoms with Gasteiger partial charge in [0.15, 0.2) is 0 Å². The molecular formula is C16H22N2O3. The highest BCUT2D eigenvalue weighted by atomic mass is 16.4. The van der Waals surface area contributed by atoms with Crippen LogP contribution in [0.5, 0.6) is 0 Å². The summed E-state index contributed by atoms with van der Waals surface area (Å²) in [7, 11) is 0. The average Bonchev–Trinajstić information content (AvgIpc) is 2.39. The van der Waals surface area contributed by atoms with Gasteiger partial charge in [-0.25, -0.2) is 4.79 Å². The molecule has 1 aliphatic carbocycles. The van der Waals surface area contributed by atoms with Crippen molar-refractivity contribution in [1.29, 1.82) is 0 Å². The quantitative estimate of drug-likeness (QED) is 0.780. The lowest BCUT2D eigenvalue weighted by Crippen LogP contribution is -2.48. The van der Waals surface area contributed by atoms with Crippen LogP contribution in [-0.4, -0.2) is 23.7 Å². The Morgan fingerprint density at radius 3 is 2.57 bits per heavy atom. The first kappa shape index (κ1) is 15.4. The smallest absolute Gasteiger partial charge is 0.319 e. The first-order chi connectivity index (χ1) is 9.98. The molecule has 1 aromatic carbocycles. The number of urea groups is 1. The van der Waals surface area contributed by atoms with Crippen molar-refractivity contribution in [2.75, 3.05) is 11.9 Å². The molecular weight excluding hydrogens is 268 g/mol. The van der Waals surface area contributed by atoms with Crippen molar-refractivity contribution in [3.63, 3.8) is 0 Å². The summed E-state index contributed by atoms with van der Waals surface area (Å²) in [5, 5.41) is 14.8. The highest BCUT2D eigenvalue weighted by molar-refractivity contribution is 5.91. The van der Waals surface area contributed by atoms with Gasteiger partial charge < -0.3 is 15.7 Å². The normalized spacial score (nSPS) is 15.9. The Labute approximate surface area is 124 Å². The van der Waals surface area contributed by atoms with Crippen molar-refractivity contribution in [1.82, 2.24) is 5.32 Å². The van der Waals surface area contributed by atoms with Crippen molar-refractivity contribution >= 4 is 17.7 Å². The highest BCUT2D eigenvalue weighted by Gasteiger charge is 2.44. The van der Waals surface area contributed by atoms with Gasteiger partial charge in [-0.3, -0.25) is 4.79 Å². The summed E-state index contributed by atoms with van der Waals surface area (Å²) in [4.78, 5) is 23.3. The van der Waals surface area contributed by atoms with Gasteiger partial charge in [0, 0.05) is 12.2 Å². The van der Waals surface area contributed by atoms with Crippen LogP contribution in [-0.2, 0) is 11.2 Å². The lowest BCUT2D eigenvalue weighted by molar-refractivity contribution is -0.153. The molecule has 0 aromatic heterocycles. The van der Waals surface area contributed by atoms with E-state index in [4.69, 9.17) is 0 Å². The molecule has 2 amide bonds. The summed E-state index contributed by atoms with van der Waals surface area (Å²) in [6, 6.07) is 5.55. The van der Waals surface area contributed by atoms with Gasteiger partial charge in [0.2, 0.25) is 0 Å². The van der Waals surface area contributed by atoms with Crippen LogP contribution in [0.3, 0.4) is 0 Å².